The van der Waals surface area contributed by atoms with Crippen LogP contribution in [0.1, 0.15) is 19.3 Å². The van der Waals surface area contributed by atoms with Gasteiger partial charge in [-0.2, -0.15) is 13.2 Å². The van der Waals surface area contributed by atoms with Gasteiger partial charge in [-0.05, 0) is 37.5 Å². The number of halogens is 4. The lowest BCUT2D eigenvalue weighted by Crippen LogP contribution is -2.58. The van der Waals surface area contributed by atoms with Crippen LogP contribution in [0, 0.1) is 0 Å². The third-order valence-corrected chi connectivity index (χ3v) is 6.39. The summed E-state index contributed by atoms with van der Waals surface area (Å²) in [6.45, 7) is 1.48. The van der Waals surface area contributed by atoms with E-state index in [9.17, 15) is 27.6 Å². The summed E-state index contributed by atoms with van der Waals surface area (Å²) in [7, 11) is 0. The molecule has 4 N–H and O–H groups in total. The van der Waals surface area contributed by atoms with E-state index in [0.717, 1.165) is 16.4 Å². The molecule has 2 aliphatic heterocycles. The van der Waals surface area contributed by atoms with E-state index in [2.05, 4.69) is 15.2 Å². The van der Waals surface area contributed by atoms with Gasteiger partial charge in [0, 0.05) is 54.9 Å². The van der Waals surface area contributed by atoms with Gasteiger partial charge in [0.15, 0.2) is 0 Å². The monoisotopic (exact) mass is 527 g/mol. The molecule has 0 spiro atoms. The number of benzene rings is 1. The topological polar surface area (TPSA) is 124 Å². The summed E-state index contributed by atoms with van der Waals surface area (Å²) >= 11 is 6.07. The number of nitrogens with one attached hydrogen (secondary N) is 2. The highest BCUT2D eigenvalue weighted by Crippen LogP contribution is 2.30. The number of carbonyl (C=O) groups is 3. The van der Waals surface area contributed by atoms with Crippen molar-refractivity contribution in [2.45, 2.75) is 31.6 Å². The predicted octanol–water partition coefficient (Wildman–Crippen LogP) is 2.91. The van der Waals surface area contributed by atoms with Gasteiger partial charge in [0.25, 0.3) is 5.91 Å². The highest BCUT2D eigenvalue weighted by molar-refractivity contribution is 6.31. The first-order valence-electron chi connectivity index (χ1n) is 11.4. The van der Waals surface area contributed by atoms with E-state index in [0.29, 0.717) is 60.3 Å². The molecular weight excluding hydrogens is 503 g/mol. The Morgan fingerprint density at radius 2 is 1.78 bits per heavy atom. The van der Waals surface area contributed by atoms with Crippen LogP contribution in [0.5, 0.6) is 0 Å². The average molecular weight is 528 g/mol. The Morgan fingerprint density at radius 1 is 1.06 bits per heavy atom. The zero-order chi connectivity index (χ0) is 26.0. The van der Waals surface area contributed by atoms with E-state index in [1.807, 2.05) is 6.07 Å². The predicted molar refractivity (Wildman–Crippen MR) is 127 cm³/mol. The number of urea groups is 2. The molecule has 2 saturated heterocycles. The second-order valence-corrected chi connectivity index (χ2v) is 9.05. The highest BCUT2D eigenvalue weighted by atomic mass is 35.5. The van der Waals surface area contributed by atoms with Crippen LogP contribution in [0.25, 0.3) is 10.9 Å². The molecule has 2 aliphatic rings. The van der Waals surface area contributed by atoms with Crippen LogP contribution in [-0.2, 0) is 4.79 Å². The van der Waals surface area contributed by atoms with Crippen LogP contribution in [-0.4, -0.2) is 77.8 Å². The minimum atomic E-state index is -4.96. The molecule has 5 amide bonds. The number of carbonyl (C=O) groups excluding carboxylic acids is 3. The molecular formula is C22H25ClF3N7O3. The van der Waals surface area contributed by atoms with Crippen molar-refractivity contribution >= 4 is 52.0 Å². The summed E-state index contributed by atoms with van der Waals surface area (Å²) in [5, 5.41) is 4.84. The van der Waals surface area contributed by atoms with E-state index in [1.165, 1.54) is 4.90 Å². The van der Waals surface area contributed by atoms with E-state index in [1.54, 1.807) is 18.2 Å². The van der Waals surface area contributed by atoms with Crippen molar-refractivity contribution < 1.29 is 27.6 Å². The van der Waals surface area contributed by atoms with Crippen LogP contribution in [0.2, 0.25) is 5.02 Å². The van der Waals surface area contributed by atoms with Crippen LogP contribution < -0.4 is 21.3 Å². The number of hydrogen-bond acceptors (Lipinski definition) is 6. The Balaban J connectivity index is 1.39. The molecule has 10 nitrogen and oxygen atoms in total. The molecule has 1 aromatic heterocycles. The maximum Gasteiger partial charge on any atom is 0.485 e. The van der Waals surface area contributed by atoms with Gasteiger partial charge in [-0.15, -0.1) is 0 Å². The number of hydrogen-bond donors (Lipinski definition) is 3. The first kappa shape index (κ1) is 25.6. The van der Waals surface area contributed by atoms with Crippen molar-refractivity contribution in [3.05, 3.63) is 29.3 Å². The number of aromatic nitrogens is 1. The van der Waals surface area contributed by atoms with Gasteiger partial charge in [0.1, 0.15) is 11.9 Å². The van der Waals surface area contributed by atoms with E-state index in [4.69, 9.17) is 17.3 Å². The third kappa shape index (κ3) is 5.83. The number of nitrogens with two attached hydrogens (primary N) is 1. The zero-order valence-electron chi connectivity index (χ0n) is 19.1. The SMILES string of the molecule is Nc1cc(N2CCN(C(=O)N[C@H]3CCCCN(C(=O)NC(F)(F)F)C3=O)CC2)c2ccc(Cl)cc2n1. The molecule has 1 atom stereocenters. The fourth-order valence-corrected chi connectivity index (χ4v) is 4.59. The Hall–Kier alpha value is -3.48. The maximum atomic E-state index is 12.9. The molecule has 0 radical (unpaired) electrons. The number of anilines is 2. The van der Waals surface area contributed by atoms with Gasteiger partial charge in [-0.3, -0.25) is 9.69 Å². The number of likely N-dealkylation sites (tertiary alicyclic amines) is 1. The van der Waals surface area contributed by atoms with Crippen molar-refractivity contribution in [1.82, 2.24) is 25.4 Å². The number of fused-ring (bicyclic) bond motifs is 1. The summed E-state index contributed by atoms with van der Waals surface area (Å²) in [6.07, 6.45) is -3.92. The van der Waals surface area contributed by atoms with Crippen LogP contribution in [0.15, 0.2) is 24.3 Å². The molecule has 0 aliphatic carbocycles. The van der Waals surface area contributed by atoms with Crippen LogP contribution in [0.4, 0.5) is 34.3 Å². The third-order valence-electron chi connectivity index (χ3n) is 6.16. The summed E-state index contributed by atoms with van der Waals surface area (Å²) < 4.78 is 37.7. The molecule has 2 aromatic rings. The Kier molecular flexibility index (Phi) is 7.29. The number of amides is 5. The molecule has 1 aromatic carbocycles. The van der Waals surface area contributed by atoms with Gasteiger partial charge < -0.3 is 20.9 Å². The van der Waals surface area contributed by atoms with Crippen molar-refractivity contribution in [1.29, 1.82) is 0 Å². The second kappa shape index (κ2) is 10.2. The first-order valence-corrected chi connectivity index (χ1v) is 11.8. The largest absolute Gasteiger partial charge is 0.485 e. The van der Waals surface area contributed by atoms with Gasteiger partial charge in [-0.25, -0.2) is 19.9 Å². The lowest BCUT2D eigenvalue weighted by atomic mass is 10.1. The summed E-state index contributed by atoms with van der Waals surface area (Å²) in [6, 6.07) is 3.95. The lowest BCUT2D eigenvalue weighted by molar-refractivity contribution is -0.149. The quantitative estimate of drug-likeness (QED) is 0.516. The normalized spacial score (nSPS) is 19.3. The number of rotatable bonds is 2. The fraction of sp³-hybridized carbons (Fsp3) is 0.455. The van der Waals surface area contributed by atoms with Crippen molar-refractivity contribution in [3.63, 3.8) is 0 Å². The van der Waals surface area contributed by atoms with Crippen molar-refractivity contribution in [3.8, 4) is 0 Å². The number of pyridine rings is 1. The van der Waals surface area contributed by atoms with Crippen LogP contribution >= 0.6 is 11.6 Å². The molecule has 14 heteroatoms. The molecule has 3 heterocycles. The first-order chi connectivity index (χ1) is 17.0. The summed E-state index contributed by atoms with van der Waals surface area (Å²) in [4.78, 5) is 46.0. The highest BCUT2D eigenvalue weighted by Gasteiger charge is 2.38. The second-order valence-electron chi connectivity index (χ2n) is 8.62. The lowest BCUT2D eigenvalue weighted by Gasteiger charge is -2.37. The van der Waals surface area contributed by atoms with Gasteiger partial charge in [-0.1, -0.05) is 11.6 Å². The Morgan fingerprint density at radius 3 is 2.47 bits per heavy atom. The van der Waals surface area contributed by atoms with Gasteiger partial charge in [0.05, 0.1) is 5.52 Å². The number of alkyl halides is 3. The smallest absolute Gasteiger partial charge is 0.384 e. The van der Waals surface area contributed by atoms with Crippen LogP contribution in [0.3, 0.4) is 0 Å². The fourth-order valence-electron chi connectivity index (χ4n) is 4.42. The minimum absolute atomic E-state index is 0.153. The molecule has 0 bridgehead atoms. The van der Waals surface area contributed by atoms with Gasteiger partial charge >= 0.3 is 18.4 Å². The Labute approximate surface area is 209 Å². The summed E-state index contributed by atoms with van der Waals surface area (Å²) in [5.74, 6) is -0.524. The molecule has 194 valence electrons. The Bertz CT molecular complexity index is 1170. The van der Waals surface area contributed by atoms with Gasteiger partial charge in [0.2, 0.25) is 0 Å². The zero-order valence-corrected chi connectivity index (χ0v) is 19.9. The number of piperazine rings is 1. The molecule has 0 saturated carbocycles. The maximum absolute atomic E-state index is 12.9. The van der Waals surface area contributed by atoms with E-state index < -0.39 is 30.3 Å². The minimum Gasteiger partial charge on any atom is -0.384 e. The molecule has 36 heavy (non-hydrogen) atoms. The number of nitrogens with zero attached hydrogens (tertiary/aromatic N) is 4. The average Bonchev–Trinajstić information content (AvgIpc) is 2.98. The van der Waals surface area contributed by atoms with Crippen molar-refractivity contribution in [2.75, 3.05) is 43.4 Å². The van der Waals surface area contributed by atoms with E-state index >= 15 is 0 Å². The standard InChI is InChI=1S/C22H25ClF3N7O3/c23-13-4-5-14-16(11-13)28-18(27)12-17(14)31-7-9-32(10-8-31)20(35)29-15-3-1-2-6-33(19(15)34)21(36)30-22(24,25)26/h4-5,11-12,15H,1-3,6-10H2,(H2,27,28)(H,29,35)(H,30,36)/t15-/m0/s1. The van der Waals surface area contributed by atoms with Crippen molar-refractivity contribution in [2.24, 2.45) is 0 Å². The summed E-state index contributed by atoms with van der Waals surface area (Å²) in [5.41, 5.74) is 7.49. The van der Waals surface area contributed by atoms with E-state index in [-0.39, 0.29) is 13.0 Å². The molecule has 0 unspecified atom stereocenters. The molecule has 4 rings (SSSR count). The number of nitrogen functional groups attached to an aromatic ring is 1. The number of imide groups is 1. The molecule has 2 fully saturated rings.